The lowest BCUT2D eigenvalue weighted by molar-refractivity contribution is -0.111. The lowest BCUT2D eigenvalue weighted by Crippen LogP contribution is -2.53. The zero-order chi connectivity index (χ0) is 35.0. The molecule has 4 heterocycles. The Kier molecular flexibility index (Phi) is 11.4. The molecule has 0 aliphatic carbocycles. The second kappa shape index (κ2) is 16.2. The number of carbonyl (C=O) groups excluding carboxylic acids is 1. The molecule has 11 nitrogen and oxygen atoms in total. The fraction of sp³-hybridized carbons (Fsp3) is 0.385. The van der Waals surface area contributed by atoms with Crippen LogP contribution in [0.25, 0.3) is 22.0 Å². The number of benzene rings is 2. The van der Waals surface area contributed by atoms with E-state index in [2.05, 4.69) is 53.0 Å². The smallest absolute Gasteiger partial charge is 0.248 e. The maximum Gasteiger partial charge on any atom is 0.248 e. The van der Waals surface area contributed by atoms with Gasteiger partial charge in [0.05, 0.1) is 25.5 Å². The standard InChI is InChI=1S/C39H49N9O2/c1-5-32(27(2)3)37-44-39(48-19-15-30(40)16-20-48)45-38(46(37)4)42-26-29-9-6-7-10-33(29)36-34-13-12-31(25-28(34)14-17-41-36)43-35(49)11-8-18-47-21-23-50-24-22-47/h5-14,17,25,27,30H,1,15-16,18-24,26,40H2,2-4H3,(H,43,49)(H,42,44,45)/b11-8+,37-32+. The summed E-state index contributed by atoms with van der Waals surface area (Å²) in [4.78, 5) is 34.2. The third-order valence-electron chi connectivity index (χ3n) is 9.46. The van der Waals surface area contributed by atoms with E-state index >= 15 is 0 Å². The van der Waals surface area contributed by atoms with Crippen LogP contribution in [-0.4, -0.2) is 96.5 Å². The van der Waals surface area contributed by atoms with Crippen molar-refractivity contribution in [1.82, 2.24) is 25.0 Å². The van der Waals surface area contributed by atoms with Gasteiger partial charge >= 0.3 is 0 Å². The molecular formula is C39H49N9O2. The number of likely N-dealkylation sites (tertiary alicyclic amines) is 1. The Bertz CT molecular complexity index is 1810. The highest BCUT2D eigenvalue weighted by atomic mass is 16.5. The molecule has 3 aliphatic heterocycles. The lowest BCUT2D eigenvalue weighted by atomic mass is 9.99. The summed E-state index contributed by atoms with van der Waals surface area (Å²) < 4.78 is 5.40. The maximum atomic E-state index is 12.7. The number of nitrogens with zero attached hydrogens (tertiary/aromatic N) is 6. The van der Waals surface area contributed by atoms with Gasteiger partial charge in [-0.3, -0.25) is 19.6 Å². The van der Waals surface area contributed by atoms with Crippen molar-refractivity contribution in [3.8, 4) is 11.3 Å². The second-order valence-electron chi connectivity index (χ2n) is 13.3. The Morgan fingerprint density at radius 3 is 2.68 bits per heavy atom. The Balaban J connectivity index is 1.24. The van der Waals surface area contributed by atoms with Gasteiger partial charge in [0, 0.05) is 74.7 Å². The molecule has 2 saturated heterocycles. The number of morpholine rings is 1. The Morgan fingerprint density at radius 1 is 1.14 bits per heavy atom. The average Bonchev–Trinajstić information content (AvgIpc) is 3.12. The van der Waals surface area contributed by atoms with Gasteiger partial charge in [-0.05, 0) is 53.5 Å². The summed E-state index contributed by atoms with van der Waals surface area (Å²) in [5.74, 6) is 2.47. The third-order valence-corrected chi connectivity index (χ3v) is 9.46. The SMILES string of the molecule is C=C/C(=C1/NC(N2CCC(N)CC2)=NC(=NCc2ccccc2-c2nccc3cc(NC(=O)/C=C/CN4CCOCC4)ccc23)N1C)C(C)C. The molecule has 50 heavy (non-hydrogen) atoms. The molecule has 3 aliphatic rings. The van der Waals surface area contributed by atoms with Gasteiger partial charge in [-0.15, -0.1) is 0 Å². The van der Waals surface area contributed by atoms with Crippen LogP contribution in [-0.2, 0) is 16.1 Å². The maximum absolute atomic E-state index is 12.7. The van der Waals surface area contributed by atoms with Crippen LogP contribution in [0.2, 0.25) is 0 Å². The molecule has 1 aromatic heterocycles. The number of nitrogens with two attached hydrogens (primary N) is 1. The van der Waals surface area contributed by atoms with E-state index in [-0.39, 0.29) is 17.9 Å². The predicted molar refractivity (Wildman–Crippen MR) is 203 cm³/mol. The number of rotatable bonds is 9. The highest BCUT2D eigenvalue weighted by Crippen LogP contribution is 2.31. The summed E-state index contributed by atoms with van der Waals surface area (Å²) in [6.07, 6.45) is 9.08. The van der Waals surface area contributed by atoms with E-state index in [0.29, 0.717) is 12.5 Å². The molecule has 11 heteroatoms. The fourth-order valence-corrected chi connectivity index (χ4v) is 6.55. The molecule has 0 bridgehead atoms. The minimum atomic E-state index is -0.152. The predicted octanol–water partition coefficient (Wildman–Crippen LogP) is 4.95. The zero-order valence-corrected chi connectivity index (χ0v) is 29.4. The van der Waals surface area contributed by atoms with E-state index < -0.39 is 0 Å². The number of aliphatic imine (C=N–C) groups is 2. The molecular weight excluding hydrogens is 626 g/mol. The fourth-order valence-electron chi connectivity index (χ4n) is 6.55. The van der Waals surface area contributed by atoms with E-state index in [0.717, 1.165) is 109 Å². The van der Waals surface area contributed by atoms with Gasteiger partial charge in [0.15, 0.2) is 0 Å². The number of piperidine rings is 1. The number of anilines is 1. The number of carbonyl (C=O) groups is 1. The third kappa shape index (κ3) is 8.30. The van der Waals surface area contributed by atoms with Crippen LogP contribution in [0.3, 0.4) is 0 Å². The summed E-state index contributed by atoms with van der Waals surface area (Å²) in [6.45, 7) is 14.5. The number of ether oxygens (including phenoxy) is 1. The van der Waals surface area contributed by atoms with E-state index in [4.69, 9.17) is 25.4 Å². The summed E-state index contributed by atoms with van der Waals surface area (Å²) in [7, 11) is 1.99. The van der Waals surface area contributed by atoms with Crippen molar-refractivity contribution < 1.29 is 9.53 Å². The molecule has 3 aromatic rings. The summed E-state index contributed by atoms with van der Waals surface area (Å²) in [5, 5.41) is 8.57. The summed E-state index contributed by atoms with van der Waals surface area (Å²) >= 11 is 0. The van der Waals surface area contributed by atoms with Crippen molar-refractivity contribution in [2.24, 2.45) is 21.6 Å². The first kappa shape index (κ1) is 35.0. The van der Waals surface area contributed by atoms with Crippen molar-refractivity contribution in [3.63, 3.8) is 0 Å². The van der Waals surface area contributed by atoms with Crippen molar-refractivity contribution in [3.05, 3.63) is 96.5 Å². The number of hydrogen-bond acceptors (Lipinski definition) is 8. The number of aromatic nitrogens is 1. The average molecular weight is 676 g/mol. The van der Waals surface area contributed by atoms with Gasteiger partial charge in [0.1, 0.15) is 5.82 Å². The Morgan fingerprint density at radius 2 is 1.92 bits per heavy atom. The van der Waals surface area contributed by atoms with Crippen LogP contribution >= 0.6 is 0 Å². The zero-order valence-electron chi connectivity index (χ0n) is 29.4. The molecule has 262 valence electrons. The van der Waals surface area contributed by atoms with Crippen molar-refractivity contribution in [2.45, 2.75) is 39.3 Å². The highest BCUT2D eigenvalue weighted by molar-refractivity contribution is 6.03. The minimum absolute atomic E-state index is 0.152. The topological polar surface area (TPSA) is 124 Å². The largest absolute Gasteiger partial charge is 0.379 e. The molecule has 6 rings (SSSR count). The van der Waals surface area contributed by atoms with Crippen LogP contribution in [0.15, 0.2) is 101 Å². The summed E-state index contributed by atoms with van der Waals surface area (Å²) in [6, 6.07) is 16.4. The first-order valence-corrected chi connectivity index (χ1v) is 17.6. The lowest BCUT2D eigenvalue weighted by Gasteiger charge is -2.38. The van der Waals surface area contributed by atoms with Gasteiger partial charge in [-0.2, -0.15) is 4.99 Å². The van der Waals surface area contributed by atoms with Crippen molar-refractivity contribution >= 4 is 34.3 Å². The van der Waals surface area contributed by atoms with Crippen LogP contribution in [0.5, 0.6) is 0 Å². The van der Waals surface area contributed by atoms with Gasteiger partial charge in [-0.25, -0.2) is 4.99 Å². The number of fused-ring (bicyclic) bond motifs is 1. The Labute approximate surface area is 295 Å². The number of pyridine rings is 1. The quantitative estimate of drug-likeness (QED) is 0.273. The van der Waals surface area contributed by atoms with Gasteiger partial charge in [-0.1, -0.05) is 62.9 Å². The van der Waals surface area contributed by atoms with E-state index in [1.54, 1.807) is 6.08 Å². The second-order valence-corrected chi connectivity index (χ2v) is 13.3. The molecule has 2 fully saturated rings. The normalized spacial score (nSPS) is 19.6. The van der Waals surface area contributed by atoms with Gasteiger partial charge in [0.2, 0.25) is 17.8 Å². The van der Waals surface area contributed by atoms with Gasteiger partial charge < -0.3 is 26.0 Å². The molecule has 0 atom stereocenters. The van der Waals surface area contributed by atoms with Crippen LogP contribution in [0.4, 0.5) is 5.69 Å². The molecule has 0 unspecified atom stereocenters. The molecule has 0 saturated carbocycles. The van der Waals surface area contributed by atoms with E-state index in [9.17, 15) is 4.79 Å². The van der Waals surface area contributed by atoms with Crippen LogP contribution < -0.4 is 16.4 Å². The molecule has 4 N–H and O–H groups in total. The van der Waals surface area contributed by atoms with Crippen molar-refractivity contribution in [2.75, 3.05) is 58.3 Å². The minimum Gasteiger partial charge on any atom is -0.379 e. The van der Waals surface area contributed by atoms with E-state index in [1.165, 1.54) is 0 Å². The first-order valence-electron chi connectivity index (χ1n) is 17.6. The van der Waals surface area contributed by atoms with Crippen LogP contribution in [0.1, 0.15) is 32.3 Å². The first-order chi connectivity index (χ1) is 24.3. The monoisotopic (exact) mass is 675 g/mol. The number of allylic oxidation sites excluding steroid dienone is 2. The molecule has 0 radical (unpaired) electrons. The number of amides is 1. The molecule has 2 aromatic carbocycles. The number of guanidine groups is 2. The van der Waals surface area contributed by atoms with Crippen molar-refractivity contribution in [1.29, 1.82) is 0 Å². The van der Waals surface area contributed by atoms with E-state index in [1.807, 2.05) is 66.7 Å². The number of nitrogens with one attached hydrogen (secondary N) is 2. The van der Waals surface area contributed by atoms with Crippen LogP contribution in [0, 0.1) is 5.92 Å². The van der Waals surface area contributed by atoms with Gasteiger partial charge in [0.25, 0.3) is 0 Å². The summed E-state index contributed by atoms with van der Waals surface area (Å²) in [5.41, 5.74) is 10.9. The molecule has 0 spiro atoms. The Hall–Kier alpha value is -4.84. The highest BCUT2D eigenvalue weighted by Gasteiger charge is 2.28. The molecule has 1 amide bonds. The number of hydrogen-bond donors (Lipinski definition) is 3.